The summed E-state index contributed by atoms with van der Waals surface area (Å²) in [5, 5.41) is 11.5. The van der Waals surface area contributed by atoms with E-state index in [1.165, 1.54) is 0 Å². The average molecular weight is 348 g/mol. The van der Waals surface area contributed by atoms with Gasteiger partial charge in [-0.25, -0.2) is 5.06 Å². The van der Waals surface area contributed by atoms with Gasteiger partial charge >= 0.3 is 0 Å². The van der Waals surface area contributed by atoms with E-state index in [0.717, 1.165) is 18.5 Å². The highest BCUT2D eigenvalue weighted by Gasteiger charge is 2.48. The van der Waals surface area contributed by atoms with Crippen molar-refractivity contribution in [3.05, 3.63) is 30.3 Å². The highest BCUT2D eigenvalue weighted by molar-refractivity contribution is 5.86. The molecule has 0 saturated carbocycles. The largest absolute Gasteiger partial charge is 0.394 e. The zero-order valence-corrected chi connectivity index (χ0v) is 16.1. The molecule has 2 rings (SSSR count). The van der Waals surface area contributed by atoms with Crippen LogP contribution in [-0.2, 0) is 9.63 Å². The summed E-state index contributed by atoms with van der Waals surface area (Å²) in [5.74, 6) is 0.0472. The van der Waals surface area contributed by atoms with Gasteiger partial charge in [-0.1, -0.05) is 31.5 Å². The minimum Gasteiger partial charge on any atom is -0.394 e. The summed E-state index contributed by atoms with van der Waals surface area (Å²) < 4.78 is 0. The number of carbonyl (C=O) groups is 1. The molecule has 3 atom stereocenters. The van der Waals surface area contributed by atoms with E-state index in [1.54, 1.807) is 5.06 Å². The first-order valence-corrected chi connectivity index (χ1v) is 9.36. The molecular formula is C20H32N2O3. The summed E-state index contributed by atoms with van der Waals surface area (Å²) in [4.78, 5) is 21.4. The molecule has 1 aliphatic heterocycles. The smallest absolute Gasteiger partial charge is 0.248 e. The van der Waals surface area contributed by atoms with Crippen LogP contribution >= 0.6 is 0 Å². The summed E-state index contributed by atoms with van der Waals surface area (Å²) in [6.45, 7) is 10.2. The van der Waals surface area contributed by atoms with Crippen LogP contribution in [0.3, 0.4) is 0 Å². The van der Waals surface area contributed by atoms with Crippen molar-refractivity contribution in [2.24, 2.45) is 5.92 Å². The van der Waals surface area contributed by atoms with Crippen molar-refractivity contribution < 1.29 is 14.7 Å². The molecule has 25 heavy (non-hydrogen) atoms. The van der Waals surface area contributed by atoms with Crippen LogP contribution in [0.5, 0.6) is 0 Å². The Balaban J connectivity index is 2.42. The topological polar surface area (TPSA) is 53.0 Å². The molecule has 0 radical (unpaired) electrons. The van der Waals surface area contributed by atoms with Crippen LogP contribution in [0.15, 0.2) is 30.3 Å². The zero-order valence-electron chi connectivity index (χ0n) is 16.1. The third kappa shape index (κ3) is 4.15. The Labute approximate surface area is 151 Å². The minimum atomic E-state index is -0.413. The molecule has 1 aromatic carbocycles. The van der Waals surface area contributed by atoms with E-state index < -0.39 is 6.04 Å². The molecule has 1 amide bonds. The lowest BCUT2D eigenvalue weighted by molar-refractivity contribution is -0.137. The van der Waals surface area contributed by atoms with Gasteiger partial charge < -0.3 is 10.0 Å². The van der Waals surface area contributed by atoms with E-state index in [-0.39, 0.29) is 36.6 Å². The maximum atomic E-state index is 13.5. The number of hydrogen-bond donors (Lipinski definition) is 1. The van der Waals surface area contributed by atoms with E-state index in [0.29, 0.717) is 0 Å². The Morgan fingerprint density at radius 2 is 1.80 bits per heavy atom. The molecule has 5 nitrogen and oxygen atoms in total. The molecule has 5 heteroatoms. The van der Waals surface area contributed by atoms with Gasteiger partial charge in [-0.15, -0.1) is 0 Å². The normalized spacial score (nSPS) is 23.5. The maximum absolute atomic E-state index is 13.5. The van der Waals surface area contributed by atoms with E-state index in [1.807, 2.05) is 62.9 Å². The number of aliphatic hydroxyl groups excluding tert-OH is 1. The summed E-state index contributed by atoms with van der Waals surface area (Å²) in [7, 11) is 0. The second kappa shape index (κ2) is 8.68. The number of aliphatic hydroxyl groups is 1. The van der Waals surface area contributed by atoms with Gasteiger partial charge in [-0.2, -0.15) is 0 Å². The number of rotatable bonds is 7. The van der Waals surface area contributed by atoms with Gasteiger partial charge in [0.05, 0.1) is 12.3 Å². The molecule has 1 aromatic rings. The van der Waals surface area contributed by atoms with E-state index >= 15 is 0 Å². The zero-order chi connectivity index (χ0) is 18.6. The summed E-state index contributed by atoms with van der Waals surface area (Å²) in [6.07, 6.45) is 1.44. The number of para-hydroxylation sites is 1. The predicted molar refractivity (Wildman–Crippen MR) is 100 cm³/mol. The van der Waals surface area contributed by atoms with Crippen LogP contribution in [0.1, 0.15) is 47.5 Å². The number of amides is 1. The number of hydrogen-bond acceptors (Lipinski definition) is 4. The van der Waals surface area contributed by atoms with E-state index in [4.69, 9.17) is 4.84 Å². The van der Waals surface area contributed by atoms with Crippen LogP contribution in [0.2, 0.25) is 0 Å². The van der Waals surface area contributed by atoms with Crippen LogP contribution in [0, 0.1) is 5.92 Å². The predicted octanol–water partition coefficient (Wildman–Crippen LogP) is 3.23. The summed E-state index contributed by atoms with van der Waals surface area (Å²) in [5.41, 5.74) is 0.852. The quantitative estimate of drug-likeness (QED) is 0.822. The van der Waals surface area contributed by atoms with E-state index in [2.05, 4.69) is 6.92 Å². The third-order valence-electron chi connectivity index (χ3n) is 4.82. The van der Waals surface area contributed by atoms with Gasteiger partial charge in [0, 0.05) is 18.0 Å². The number of hydroxylamine groups is 1. The number of nitrogens with zero attached hydrogens (tertiary/aromatic N) is 2. The Morgan fingerprint density at radius 3 is 2.28 bits per heavy atom. The monoisotopic (exact) mass is 348 g/mol. The van der Waals surface area contributed by atoms with Gasteiger partial charge in [0.15, 0.2) is 0 Å². The highest BCUT2D eigenvalue weighted by atomic mass is 16.7. The van der Waals surface area contributed by atoms with Gasteiger partial charge in [-0.3, -0.25) is 9.63 Å². The molecule has 1 aliphatic rings. The number of anilines is 1. The Morgan fingerprint density at radius 1 is 1.20 bits per heavy atom. The van der Waals surface area contributed by atoms with Crippen molar-refractivity contribution >= 4 is 11.6 Å². The van der Waals surface area contributed by atoms with Crippen molar-refractivity contribution in [1.82, 2.24) is 4.90 Å². The molecule has 1 N–H and O–H groups in total. The van der Waals surface area contributed by atoms with Crippen LogP contribution in [0.25, 0.3) is 0 Å². The first-order valence-electron chi connectivity index (χ1n) is 9.36. The molecule has 1 heterocycles. The van der Waals surface area contributed by atoms with Gasteiger partial charge in [-0.05, 0) is 46.2 Å². The molecule has 0 aromatic heterocycles. The molecule has 140 valence electrons. The lowest BCUT2D eigenvalue weighted by atomic mass is 9.89. The Hall–Kier alpha value is -1.59. The fourth-order valence-electron chi connectivity index (χ4n) is 3.85. The lowest BCUT2D eigenvalue weighted by Gasteiger charge is -2.36. The Kier molecular flexibility index (Phi) is 6.85. The summed E-state index contributed by atoms with van der Waals surface area (Å²) in [6, 6.07) is 9.51. The first-order chi connectivity index (χ1) is 11.9. The van der Waals surface area contributed by atoms with E-state index in [9.17, 15) is 9.90 Å². The molecule has 1 unspecified atom stereocenters. The highest BCUT2D eigenvalue weighted by Crippen LogP contribution is 2.36. The average Bonchev–Trinajstić information content (AvgIpc) is 2.94. The van der Waals surface area contributed by atoms with Crippen molar-refractivity contribution in [3.63, 3.8) is 0 Å². The van der Waals surface area contributed by atoms with Crippen LogP contribution in [0.4, 0.5) is 5.69 Å². The fourth-order valence-corrected chi connectivity index (χ4v) is 3.85. The molecule has 0 spiro atoms. The van der Waals surface area contributed by atoms with Crippen molar-refractivity contribution in [1.29, 1.82) is 0 Å². The minimum absolute atomic E-state index is 0.0253. The Bertz CT molecular complexity index is 539. The number of carbonyl (C=O) groups excluding carboxylic acids is 1. The van der Waals surface area contributed by atoms with Gasteiger partial charge in [0.1, 0.15) is 12.1 Å². The lowest BCUT2D eigenvalue weighted by Crippen LogP contribution is -2.53. The van der Waals surface area contributed by atoms with Gasteiger partial charge in [0.2, 0.25) is 5.91 Å². The van der Waals surface area contributed by atoms with Crippen molar-refractivity contribution in [2.45, 2.75) is 71.7 Å². The second-order valence-corrected chi connectivity index (χ2v) is 7.32. The molecule has 0 aliphatic carbocycles. The standard InChI is InChI=1S/C20H32N2O3/c1-6-10-17-18(13-23)25-22(16-11-8-7-9-12-16)19(17)20(24)21(14(2)3)15(4)5/h7-9,11-12,14-15,17-19,23H,6,10,13H2,1-5H3/t17?,18-,19-/m0/s1. The van der Waals surface area contributed by atoms with Crippen LogP contribution in [-0.4, -0.2) is 46.7 Å². The second-order valence-electron chi connectivity index (χ2n) is 7.32. The van der Waals surface area contributed by atoms with Crippen LogP contribution < -0.4 is 5.06 Å². The molecule has 0 bridgehead atoms. The molecular weight excluding hydrogens is 316 g/mol. The first kappa shape index (κ1) is 19.7. The summed E-state index contributed by atoms with van der Waals surface area (Å²) >= 11 is 0. The van der Waals surface area contributed by atoms with Crippen molar-refractivity contribution in [2.75, 3.05) is 11.7 Å². The molecule has 1 saturated heterocycles. The number of benzene rings is 1. The SMILES string of the molecule is CCCC1[C@H](CO)ON(c2ccccc2)[C@@H]1C(=O)N(C(C)C)C(C)C. The third-order valence-corrected chi connectivity index (χ3v) is 4.82. The fraction of sp³-hybridized carbons (Fsp3) is 0.650. The van der Waals surface area contributed by atoms with Gasteiger partial charge in [0.25, 0.3) is 0 Å². The molecule has 1 fully saturated rings. The van der Waals surface area contributed by atoms with Crippen molar-refractivity contribution in [3.8, 4) is 0 Å². The maximum Gasteiger partial charge on any atom is 0.248 e.